The number of methoxy groups -OCH3 is 1. The van der Waals surface area contributed by atoms with Gasteiger partial charge in [0.25, 0.3) is 0 Å². The minimum Gasteiger partial charge on any atom is -0.490 e. The molecule has 1 unspecified atom stereocenters. The lowest BCUT2D eigenvalue weighted by atomic mass is 10.1. The van der Waals surface area contributed by atoms with Gasteiger partial charge >= 0.3 is 5.69 Å². The van der Waals surface area contributed by atoms with Crippen LogP contribution in [0.15, 0.2) is 48.5 Å². The first-order chi connectivity index (χ1) is 15.5. The maximum absolute atomic E-state index is 12.7. The number of likely N-dealkylation sites (N-methyl/N-ethyl adjacent to an activating group) is 1. The maximum atomic E-state index is 12.7. The molecule has 0 spiro atoms. The molecule has 1 aliphatic heterocycles. The van der Waals surface area contributed by atoms with Gasteiger partial charge in [0, 0.05) is 44.5 Å². The molecule has 3 rings (SSSR count). The molecule has 9 heteroatoms. The summed E-state index contributed by atoms with van der Waals surface area (Å²) in [6.07, 6.45) is 0. The Kier molecular flexibility index (Phi) is 8.90. The Morgan fingerprint density at radius 2 is 1.91 bits per heavy atom. The molecule has 8 nitrogen and oxygen atoms in total. The summed E-state index contributed by atoms with van der Waals surface area (Å²) < 4.78 is 5.04. The van der Waals surface area contributed by atoms with Crippen LogP contribution in [-0.4, -0.2) is 73.3 Å². The maximum Gasteiger partial charge on any atom is 0.311 e. The number of nitrogens with zero attached hydrogens (tertiary/aromatic N) is 3. The zero-order valence-electron chi connectivity index (χ0n) is 18.5. The normalized spacial score (nSPS) is 15.8. The number of carbonyl (C=O) groups excluding carboxylic acids is 1. The Bertz CT molecular complexity index is 904. The summed E-state index contributed by atoms with van der Waals surface area (Å²) in [6, 6.07) is 14.9. The number of thioether (sulfide) groups is 1. The van der Waals surface area contributed by atoms with E-state index in [2.05, 4.69) is 22.2 Å². The molecule has 0 bridgehead atoms. The standard InChI is InChI=1S/C23H30N4O4S/c1-25-10-12-26(13-11-25)15-20(19-6-4-3-5-7-19)24-23(28)17-32-16-18-8-9-22(31-2)21(14-18)27(29)30/h3-9,14,20H,10-13,15-17H2,1-2H3,(H,24,28). The van der Waals surface area contributed by atoms with E-state index in [9.17, 15) is 14.9 Å². The van der Waals surface area contributed by atoms with Crippen LogP contribution in [0.3, 0.4) is 0 Å². The summed E-state index contributed by atoms with van der Waals surface area (Å²) in [6.45, 7) is 4.80. The smallest absolute Gasteiger partial charge is 0.311 e. The number of amides is 1. The van der Waals surface area contributed by atoms with Gasteiger partial charge in [-0.25, -0.2) is 0 Å². The number of hydrogen-bond acceptors (Lipinski definition) is 7. The molecule has 0 aliphatic carbocycles. The van der Waals surface area contributed by atoms with Crippen LogP contribution in [0.1, 0.15) is 17.2 Å². The van der Waals surface area contributed by atoms with E-state index in [1.54, 1.807) is 12.1 Å². The highest BCUT2D eigenvalue weighted by Gasteiger charge is 2.21. The third-order valence-corrected chi connectivity index (χ3v) is 6.52. The van der Waals surface area contributed by atoms with Crippen molar-refractivity contribution in [1.29, 1.82) is 0 Å². The second-order valence-electron chi connectivity index (χ2n) is 7.89. The molecular weight excluding hydrogens is 428 g/mol. The number of rotatable bonds is 10. The fourth-order valence-corrected chi connectivity index (χ4v) is 4.46. The Labute approximate surface area is 193 Å². The Morgan fingerprint density at radius 3 is 2.56 bits per heavy atom. The molecule has 172 valence electrons. The molecule has 1 atom stereocenters. The summed E-state index contributed by atoms with van der Waals surface area (Å²) in [4.78, 5) is 28.1. The second-order valence-corrected chi connectivity index (χ2v) is 8.88. The molecule has 1 N–H and O–H groups in total. The number of benzene rings is 2. The van der Waals surface area contributed by atoms with Gasteiger partial charge in [0.05, 0.1) is 23.8 Å². The summed E-state index contributed by atoms with van der Waals surface area (Å²) in [7, 11) is 3.54. The van der Waals surface area contributed by atoms with Crippen LogP contribution in [0.25, 0.3) is 0 Å². The van der Waals surface area contributed by atoms with Gasteiger partial charge in [-0.3, -0.25) is 19.8 Å². The number of piperazine rings is 1. The lowest BCUT2D eigenvalue weighted by molar-refractivity contribution is -0.385. The molecule has 32 heavy (non-hydrogen) atoms. The molecule has 2 aromatic carbocycles. The molecule has 1 fully saturated rings. The van der Waals surface area contributed by atoms with Gasteiger partial charge in [0.1, 0.15) is 0 Å². The SMILES string of the molecule is COc1ccc(CSCC(=O)NC(CN2CCN(C)CC2)c2ccccc2)cc1[N+](=O)[O-]. The molecule has 0 aromatic heterocycles. The van der Waals surface area contributed by atoms with Crippen molar-refractivity contribution in [3.63, 3.8) is 0 Å². The van der Waals surface area contributed by atoms with Crippen LogP contribution >= 0.6 is 11.8 Å². The first-order valence-electron chi connectivity index (χ1n) is 10.6. The van der Waals surface area contributed by atoms with E-state index in [0.717, 1.165) is 43.9 Å². The van der Waals surface area contributed by atoms with E-state index in [-0.39, 0.29) is 29.1 Å². The largest absolute Gasteiger partial charge is 0.490 e. The summed E-state index contributed by atoms with van der Waals surface area (Å²) in [5, 5.41) is 14.4. The molecule has 2 aromatic rings. The van der Waals surface area contributed by atoms with E-state index < -0.39 is 4.92 Å². The van der Waals surface area contributed by atoms with Crippen molar-refractivity contribution in [2.75, 3.05) is 52.6 Å². The third-order valence-electron chi connectivity index (χ3n) is 5.52. The molecule has 1 amide bonds. The summed E-state index contributed by atoms with van der Waals surface area (Å²) >= 11 is 1.44. The molecule has 0 radical (unpaired) electrons. The van der Waals surface area contributed by atoms with Gasteiger partial charge in [-0.15, -0.1) is 11.8 Å². The fourth-order valence-electron chi connectivity index (χ4n) is 3.67. The van der Waals surface area contributed by atoms with Crippen LogP contribution in [0, 0.1) is 10.1 Å². The fraction of sp³-hybridized carbons (Fsp3) is 0.435. The number of nitro groups is 1. The minimum absolute atomic E-state index is 0.0407. The van der Waals surface area contributed by atoms with Crippen molar-refractivity contribution in [3.05, 3.63) is 69.8 Å². The average molecular weight is 459 g/mol. The Hall–Kier alpha value is -2.62. The molecule has 1 heterocycles. The van der Waals surface area contributed by atoms with Gasteiger partial charge in [0.2, 0.25) is 5.91 Å². The average Bonchev–Trinajstić information content (AvgIpc) is 2.80. The number of ether oxygens (including phenoxy) is 1. The summed E-state index contributed by atoms with van der Waals surface area (Å²) in [5.74, 6) is 0.982. The predicted octanol–water partition coefficient (Wildman–Crippen LogP) is 2.94. The van der Waals surface area contributed by atoms with Crippen molar-refractivity contribution in [3.8, 4) is 5.75 Å². The zero-order chi connectivity index (χ0) is 22.9. The predicted molar refractivity (Wildman–Crippen MR) is 127 cm³/mol. The Balaban J connectivity index is 1.56. The van der Waals surface area contributed by atoms with Gasteiger partial charge in [0.15, 0.2) is 5.75 Å². The van der Waals surface area contributed by atoms with Gasteiger partial charge in [-0.1, -0.05) is 36.4 Å². The van der Waals surface area contributed by atoms with Crippen molar-refractivity contribution >= 4 is 23.4 Å². The second kappa shape index (κ2) is 11.8. The monoisotopic (exact) mass is 458 g/mol. The third kappa shape index (κ3) is 6.94. The van der Waals surface area contributed by atoms with Gasteiger partial charge in [-0.2, -0.15) is 0 Å². The van der Waals surface area contributed by atoms with Crippen LogP contribution in [0.4, 0.5) is 5.69 Å². The van der Waals surface area contributed by atoms with Crippen molar-refractivity contribution in [2.45, 2.75) is 11.8 Å². The van der Waals surface area contributed by atoms with Gasteiger partial charge < -0.3 is 15.0 Å². The first-order valence-corrected chi connectivity index (χ1v) is 11.8. The Morgan fingerprint density at radius 1 is 1.19 bits per heavy atom. The topological polar surface area (TPSA) is 88.0 Å². The van der Waals surface area contributed by atoms with Crippen LogP contribution < -0.4 is 10.1 Å². The minimum atomic E-state index is -0.456. The van der Waals surface area contributed by atoms with Crippen LogP contribution in [0.2, 0.25) is 0 Å². The molecule has 1 aliphatic rings. The van der Waals surface area contributed by atoms with E-state index >= 15 is 0 Å². The van der Waals surface area contributed by atoms with E-state index in [1.165, 1.54) is 24.9 Å². The highest BCUT2D eigenvalue weighted by molar-refractivity contribution is 7.99. The number of carbonyl (C=O) groups is 1. The number of nitro benzene ring substituents is 1. The van der Waals surface area contributed by atoms with Crippen molar-refractivity contribution in [1.82, 2.24) is 15.1 Å². The quantitative estimate of drug-likeness (QED) is 0.433. The van der Waals surface area contributed by atoms with Crippen molar-refractivity contribution < 1.29 is 14.5 Å². The highest BCUT2D eigenvalue weighted by Crippen LogP contribution is 2.29. The lowest BCUT2D eigenvalue weighted by Gasteiger charge is -2.35. The van der Waals surface area contributed by atoms with Crippen LogP contribution in [0.5, 0.6) is 5.75 Å². The lowest BCUT2D eigenvalue weighted by Crippen LogP contribution is -2.48. The number of hydrogen-bond donors (Lipinski definition) is 1. The summed E-state index contributed by atoms with van der Waals surface area (Å²) in [5.41, 5.74) is 1.81. The number of nitrogens with one attached hydrogen (secondary N) is 1. The van der Waals surface area contributed by atoms with Gasteiger partial charge in [-0.05, 0) is 24.2 Å². The highest BCUT2D eigenvalue weighted by atomic mass is 32.2. The van der Waals surface area contributed by atoms with Crippen molar-refractivity contribution in [2.24, 2.45) is 0 Å². The zero-order valence-corrected chi connectivity index (χ0v) is 19.3. The molecule has 1 saturated heterocycles. The van der Waals surface area contributed by atoms with E-state index in [1.807, 2.05) is 30.3 Å². The molecule has 0 saturated carbocycles. The first kappa shape index (κ1) is 24.0. The molecular formula is C23H30N4O4S. The van der Waals surface area contributed by atoms with E-state index in [4.69, 9.17) is 4.74 Å². The van der Waals surface area contributed by atoms with Crippen LogP contribution in [-0.2, 0) is 10.5 Å². The van der Waals surface area contributed by atoms with E-state index in [0.29, 0.717) is 5.75 Å².